The predicted octanol–water partition coefficient (Wildman–Crippen LogP) is -0.769. The van der Waals surface area contributed by atoms with Gasteiger partial charge in [0.1, 0.15) is 0 Å². The Hall–Kier alpha value is -0.775. The van der Waals surface area contributed by atoms with Crippen LogP contribution in [0.4, 0.5) is 0 Å². The SMILES string of the molecule is CN(C)N1C=CC=C(B(O)O)C1. The van der Waals surface area contributed by atoms with Gasteiger partial charge in [-0.25, -0.2) is 5.01 Å². The summed E-state index contributed by atoms with van der Waals surface area (Å²) in [5, 5.41) is 21.5. The van der Waals surface area contributed by atoms with E-state index in [-0.39, 0.29) is 0 Å². The fourth-order valence-electron chi connectivity index (χ4n) is 1.00. The third-order valence-corrected chi connectivity index (χ3v) is 1.76. The highest BCUT2D eigenvalue weighted by atomic mass is 16.4. The van der Waals surface area contributed by atoms with Gasteiger partial charge in [-0.3, -0.25) is 0 Å². The van der Waals surface area contributed by atoms with Crippen molar-refractivity contribution in [1.82, 2.24) is 10.0 Å². The lowest BCUT2D eigenvalue weighted by atomic mass is 9.78. The molecule has 1 heterocycles. The molecule has 0 unspecified atom stereocenters. The summed E-state index contributed by atoms with van der Waals surface area (Å²) < 4.78 is 0. The molecule has 1 aliphatic rings. The van der Waals surface area contributed by atoms with Gasteiger partial charge in [-0.05, 0) is 11.5 Å². The van der Waals surface area contributed by atoms with E-state index in [1.54, 1.807) is 12.2 Å². The largest absolute Gasteiger partial charge is 0.486 e. The van der Waals surface area contributed by atoms with Gasteiger partial charge in [0.25, 0.3) is 0 Å². The lowest BCUT2D eigenvalue weighted by molar-refractivity contribution is 0.0931. The van der Waals surface area contributed by atoms with Gasteiger partial charge in [-0.15, -0.1) is 0 Å². The van der Waals surface area contributed by atoms with Gasteiger partial charge in [0.05, 0.1) is 6.54 Å². The second-order valence-corrected chi connectivity index (χ2v) is 2.90. The molecule has 0 aromatic heterocycles. The average molecular weight is 168 g/mol. The quantitative estimate of drug-likeness (QED) is 0.531. The number of hydrogen-bond acceptors (Lipinski definition) is 4. The van der Waals surface area contributed by atoms with Crippen molar-refractivity contribution < 1.29 is 10.0 Å². The topological polar surface area (TPSA) is 46.9 Å². The molecule has 0 aromatic carbocycles. The highest BCUT2D eigenvalue weighted by Gasteiger charge is 2.18. The maximum Gasteiger partial charge on any atom is 0.486 e. The molecule has 5 heteroatoms. The molecule has 0 radical (unpaired) electrons. The van der Waals surface area contributed by atoms with Crippen molar-refractivity contribution in [2.24, 2.45) is 0 Å². The van der Waals surface area contributed by atoms with Gasteiger partial charge >= 0.3 is 7.12 Å². The number of rotatable bonds is 2. The number of nitrogens with zero attached hydrogens (tertiary/aromatic N) is 2. The molecule has 1 rings (SSSR count). The van der Waals surface area contributed by atoms with Crippen LogP contribution in [0, 0.1) is 0 Å². The monoisotopic (exact) mass is 168 g/mol. The highest BCUT2D eigenvalue weighted by Crippen LogP contribution is 2.08. The van der Waals surface area contributed by atoms with Gasteiger partial charge in [-0.2, -0.15) is 0 Å². The molecule has 0 amide bonds. The van der Waals surface area contributed by atoms with E-state index in [4.69, 9.17) is 10.0 Å². The molecule has 0 aliphatic carbocycles. The van der Waals surface area contributed by atoms with Crippen LogP contribution in [0.3, 0.4) is 0 Å². The Morgan fingerprint density at radius 2 is 2.17 bits per heavy atom. The Morgan fingerprint density at radius 1 is 1.50 bits per heavy atom. The van der Waals surface area contributed by atoms with E-state index in [9.17, 15) is 0 Å². The normalized spacial score (nSPS) is 16.8. The smallest absolute Gasteiger partial charge is 0.423 e. The van der Waals surface area contributed by atoms with Crippen LogP contribution in [0.1, 0.15) is 0 Å². The molecular weight excluding hydrogens is 155 g/mol. The molecule has 0 aromatic rings. The van der Waals surface area contributed by atoms with Crippen molar-refractivity contribution in [3.63, 3.8) is 0 Å². The average Bonchev–Trinajstić information content (AvgIpc) is 2.04. The molecule has 0 saturated heterocycles. The minimum absolute atomic E-state index is 0.529. The summed E-state index contributed by atoms with van der Waals surface area (Å²) in [6.45, 7) is 0.529. The highest BCUT2D eigenvalue weighted by molar-refractivity contribution is 6.51. The number of hydrazine groups is 1. The fraction of sp³-hybridized carbons (Fsp3) is 0.429. The van der Waals surface area contributed by atoms with Gasteiger partial charge < -0.3 is 15.1 Å². The van der Waals surface area contributed by atoms with Crippen LogP contribution in [0.25, 0.3) is 0 Å². The number of hydrogen-bond donors (Lipinski definition) is 2. The van der Waals surface area contributed by atoms with E-state index in [2.05, 4.69) is 0 Å². The Labute approximate surface area is 72.5 Å². The van der Waals surface area contributed by atoms with Gasteiger partial charge in [0, 0.05) is 20.3 Å². The maximum atomic E-state index is 8.88. The first kappa shape index (κ1) is 9.31. The minimum atomic E-state index is -1.35. The van der Waals surface area contributed by atoms with Crippen molar-refractivity contribution in [1.29, 1.82) is 0 Å². The molecule has 12 heavy (non-hydrogen) atoms. The second kappa shape index (κ2) is 3.75. The first-order chi connectivity index (χ1) is 5.61. The first-order valence-corrected chi connectivity index (χ1v) is 3.78. The van der Waals surface area contributed by atoms with Gasteiger partial charge in [0.15, 0.2) is 0 Å². The van der Waals surface area contributed by atoms with E-state index < -0.39 is 7.12 Å². The summed E-state index contributed by atoms with van der Waals surface area (Å²) in [4.78, 5) is 0. The molecule has 1 aliphatic heterocycles. The van der Waals surface area contributed by atoms with Crippen molar-refractivity contribution >= 4 is 7.12 Å². The molecule has 4 nitrogen and oxygen atoms in total. The summed E-state index contributed by atoms with van der Waals surface area (Å²) in [6, 6.07) is 0. The zero-order chi connectivity index (χ0) is 9.14. The Kier molecular flexibility index (Phi) is 2.91. The van der Waals surface area contributed by atoms with Crippen molar-refractivity contribution in [3.05, 3.63) is 23.8 Å². The molecule has 66 valence electrons. The van der Waals surface area contributed by atoms with Crippen LogP contribution in [-0.2, 0) is 0 Å². The van der Waals surface area contributed by atoms with E-state index in [1.165, 1.54) is 0 Å². The van der Waals surface area contributed by atoms with Crippen LogP contribution < -0.4 is 0 Å². The summed E-state index contributed by atoms with van der Waals surface area (Å²) >= 11 is 0. The molecular formula is C7H13BN2O2. The fourth-order valence-corrected chi connectivity index (χ4v) is 1.00. The van der Waals surface area contributed by atoms with Crippen molar-refractivity contribution in [2.75, 3.05) is 20.6 Å². The second-order valence-electron chi connectivity index (χ2n) is 2.90. The molecule has 0 bridgehead atoms. The van der Waals surface area contributed by atoms with Crippen molar-refractivity contribution in [2.45, 2.75) is 0 Å². The Bertz CT molecular complexity index is 213. The molecule has 0 fully saturated rings. The van der Waals surface area contributed by atoms with Gasteiger partial charge in [0.2, 0.25) is 0 Å². The summed E-state index contributed by atoms with van der Waals surface area (Å²) in [5.41, 5.74) is 0.603. The predicted molar refractivity (Wildman–Crippen MR) is 47.8 cm³/mol. The van der Waals surface area contributed by atoms with Gasteiger partial charge in [-0.1, -0.05) is 6.08 Å². The van der Waals surface area contributed by atoms with Crippen LogP contribution in [-0.4, -0.2) is 47.8 Å². The third kappa shape index (κ3) is 2.10. The molecule has 2 N–H and O–H groups in total. The summed E-state index contributed by atoms with van der Waals surface area (Å²) in [6.07, 6.45) is 5.38. The van der Waals surface area contributed by atoms with E-state index in [0.717, 1.165) is 0 Å². The zero-order valence-corrected chi connectivity index (χ0v) is 7.31. The number of allylic oxidation sites excluding steroid dienone is 2. The standard InChI is InChI=1S/C7H13BN2O2/c1-9(2)10-5-3-4-7(6-10)8(11)12/h3-5,11-12H,6H2,1-2H3. The zero-order valence-electron chi connectivity index (χ0n) is 7.31. The Balaban J connectivity index is 2.61. The maximum absolute atomic E-state index is 8.88. The Morgan fingerprint density at radius 3 is 2.67 bits per heavy atom. The van der Waals surface area contributed by atoms with Crippen LogP contribution >= 0.6 is 0 Å². The molecule has 0 spiro atoms. The van der Waals surface area contributed by atoms with Crippen LogP contribution in [0.2, 0.25) is 0 Å². The minimum Gasteiger partial charge on any atom is -0.423 e. The lowest BCUT2D eigenvalue weighted by Gasteiger charge is -2.30. The summed E-state index contributed by atoms with van der Waals surface area (Å²) in [5.74, 6) is 0. The molecule has 0 saturated carbocycles. The van der Waals surface area contributed by atoms with E-state index in [1.807, 2.05) is 30.3 Å². The third-order valence-electron chi connectivity index (χ3n) is 1.76. The van der Waals surface area contributed by atoms with E-state index >= 15 is 0 Å². The van der Waals surface area contributed by atoms with Crippen LogP contribution in [0.15, 0.2) is 23.8 Å². The lowest BCUT2D eigenvalue weighted by Crippen LogP contribution is -2.38. The molecule has 0 atom stereocenters. The first-order valence-electron chi connectivity index (χ1n) is 3.78. The summed E-state index contributed by atoms with van der Waals surface area (Å²) in [7, 11) is 2.45. The van der Waals surface area contributed by atoms with Crippen molar-refractivity contribution in [3.8, 4) is 0 Å². The van der Waals surface area contributed by atoms with E-state index in [0.29, 0.717) is 12.0 Å². The van der Waals surface area contributed by atoms with Crippen LogP contribution in [0.5, 0.6) is 0 Å².